The molecule has 1 rings (SSSR count). The Hall–Kier alpha value is -0.930. The van der Waals surface area contributed by atoms with Crippen molar-refractivity contribution in [3.63, 3.8) is 0 Å². The van der Waals surface area contributed by atoms with E-state index in [1.807, 2.05) is 6.92 Å². The minimum absolute atomic E-state index is 0.126. The monoisotopic (exact) mass is 225 g/mol. The van der Waals surface area contributed by atoms with E-state index in [2.05, 4.69) is 13.8 Å². The molecule has 16 heavy (non-hydrogen) atoms. The molecule has 0 aliphatic carbocycles. The predicted molar refractivity (Wildman–Crippen MR) is 63.4 cm³/mol. The molecule has 0 heterocycles. The van der Waals surface area contributed by atoms with Gasteiger partial charge in [0.1, 0.15) is 5.82 Å². The number of hydrogen-bond donors (Lipinski definition) is 1. The molecule has 0 aliphatic rings. The van der Waals surface area contributed by atoms with Crippen molar-refractivity contribution in [2.45, 2.75) is 40.0 Å². The van der Waals surface area contributed by atoms with Gasteiger partial charge < -0.3 is 10.5 Å². The highest BCUT2D eigenvalue weighted by Crippen LogP contribution is 2.14. The molecule has 1 unspecified atom stereocenters. The molecule has 0 bridgehead atoms. The summed E-state index contributed by atoms with van der Waals surface area (Å²) in [6.45, 7) is 6.88. The molecule has 1 aromatic rings. The van der Waals surface area contributed by atoms with Crippen molar-refractivity contribution in [1.82, 2.24) is 0 Å². The van der Waals surface area contributed by atoms with Crippen LogP contribution in [0, 0.1) is 11.7 Å². The van der Waals surface area contributed by atoms with Gasteiger partial charge in [0, 0.05) is 12.1 Å². The van der Waals surface area contributed by atoms with Crippen LogP contribution in [0.2, 0.25) is 0 Å². The zero-order valence-electron chi connectivity index (χ0n) is 10.2. The van der Waals surface area contributed by atoms with Crippen molar-refractivity contribution in [2.24, 2.45) is 11.7 Å². The van der Waals surface area contributed by atoms with Gasteiger partial charge in [-0.25, -0.2) is 4.39 Å². The molecule has 1 atom stereocenters. The van der Waals surface area contributed by atoms with Gasteiger partial charge in [-0.05, 0) is 30.5 Å². The van der Waals surface area contributed by atoms with Crippen molar-refractivity contribution in [2.75, 3.05) is 0 Å². The maximum Gasteiger partial charge on any atom is 0.128 e. The zero-order chi connectivity index (χ0) is 12.1. The molecule has 3 heteroatoms. The fourth-order valence-corrected chi connectivity index (χ4v) is 1.28. The normalized spacial score (nSPS) is 13.1. The first kappa shape index (κ1) is 13.1. The maximum absolute atomic E-state index is 13.4. The highest BCUT2D eigenvalue weighted by Gasteiger charge is 2.09. The van der Waals surface area contributed by atoms with Crippen LogP contribution in [0.25, 0.3) is 0 Å². The molecule has 2 N–H and O–H groups in total. The number of nitrogens with two attached hydrogens (primary N) is 1. The van der Waals surface area contributed by atoms with Gasteiger partial charge >= 0.3 is 0 Å². The molecule has 0 fully saturated rings. The van der Waals surface area contributed by atoms with Gasteiger partial charge in [0.2, 0.25) is 0 Å². The van der Waals surface area contributed by atoms with E-state index in [-0.39, 0.29) is 11.9 Å². The summed E-state index contributed by atoms with van der Waals surface area (Å²) in [5.41, 5.74) is 7.02. The second-order valence-corrected chi connectivity index (χ2v) is 4.39. The Morgan fingerprint density at radius 2 is 2.00 bits per heavy atom. The summed E-state index contributed by atoms with van der Waals surface area (Å²) in [7, 11) is 0. The maximum atomic E-state index is 13.4. The fraction of sp³-hybridized carbons (Fsp3) is 0.538. The van der Waals surface area contributed by atoms with Gasteiger partial charge in [-0.2, -0.15) is 0 Å². The first-order chi connectivity index (χ1) is 7.54. The Morgan fingerprint density at radius 1 is 1.31 bits per heavy atom. The molecule has 1 aromatic carbocycles. The summed E-state index contributed by atoms with van der Waals surface area (Å²) < 4.78 is 19.0. The van der Waals surface area contributed by atoms with E-state index in [1.54, 1.807) is 12.1 Å². The zero-order valence-corrected chi connectivity index (χ0v) is 10.2. The van der Waals surface area contributed by atoms with E-state index in [0.717, 1.165) is 5.56 Å². The standard InChI is InChI=1S/C13H20FNO/c1-9(2)10(3)16-8-12-6-11(7-15)4-5-13(12)14/h4-6,9-10H,7-8,15H2,1-3H3. The molecule has 0 saturated carbocycles. The largest absolute Gasteiger partial charge is 0.373 e. The highest BCUT2D eigenvalue weighted by molar-refractivity contribution is 5.24. The van der Waals surface area contributed by atoms with Crippen LogP contribution in [-0.4, -0.2) is 6.10 Å². The summed E-state index contributed by atoms with van der Waals surface area (Å²) in [6.07, 6.45) is 0.126. The van der Waals surface area contributed by atoms with Gasteiger partial charge in [0.05, 0.1) is 12.7 Å². The van der Waals surface area contributed by atoms with Crippen molar-refractivity contribution in [3.05, 3.63) is 35.1 Å². The third-order valence-corrected chi connectivity index (χ3v) is 2.79. The third kappa shape index (κ3) is 3.58. The molecule has 0 aromatic heterocycles. The van der Waals surface area contributed by atoms with Gasteiger partial charge in [0.25, 0.3) is 0 Å². The van der Waals surface area contributed by atoms with Crippen molar-refractivity contribution < 1.29 is 9.13 Å². The van der Waals surface area contributed by atoms with Crippen LogP contribution < -0.4 is 5.73 Å². The minimum atomic E-state index is -0.229. The van der Waals surface area contributed by atoms with E-state index in [1.165, 1.54) is 6.07 Å². The summed E-state index contributed by atoms with van der Waals surface area (Å²) >= 11 is 0. The summed E-state index contributed by atoms with van der Waals surface area (Å²) in [5.74, 6) is 0.203. The van der Waals surface area contributed by atoms with Crippen molar-refractivity contribution in [1.29, 1.82) is 0 Å². The van der Waals surface area contributed by atoms with Crippen LogP contribution in [-0.2, 0) is 17.9 Å². The summed E-state index contributed by atoms with van der Waals surface area (Å²) in [6, 6.07) is 4.91. The third-order valence-electron chi connectivity index (χ3n) is 2.79. The number of halogens is 1. The van der Waals surface area contributed by atoms with Crippen LogP contribution in [0.4, 0.5) is 4.39 Å². The van der Waals surface area contributed by atoms with Gasteiger partial charge in [-0.15, -0.1) is 0 Å². The second kappa shape index (κ2) is 5.97. The Labute approximate surface area is 96.6 Å². The van der Waals surface area contributed by atoms with Crippen LogP contribution in [0.3, 0.4) is 0 Å². The van der Waals surface area contributed by atoms with E-state index >= 15 is 0 Å². The van der Waals surface area contributed by atoms with E-state index < -0.39 is 0 Å². The lowest BCUT2D eigenvalue weighted by Crippen LogP contribution is -2.15. The Balaban J connectivity index is 2.65. The van der Waals surface area contributed by atoms with Crippen molar-refractivity contribution in [3.8, 4) is 0 Å². The average Bonchev–Trinajstić information content (AvgIpc) is 2.27. The average molecular weight is 225 g/mol. The Bertz CT molecular complexity index is 339. The van der Waals surface area contributed by atoms with Crippen LogP contribution in [0.15, 0.2) is 18.2 Å². The SMILES string of the molecule is CC(C)C(C)OCc1cc(CN)ccc1F. The smallest absolute Gasteiger partial charge is 0.128 e. The predicted octanol–water partition coefficient (Wildman–Crippen LogP) is 2.85. The van der Waals surface area contributed by atoms with Gasteiger partial charge in [-0.3, -0.25) is 0 Å². The second-order valence-electron chi connectivity index (χ2n) is 4.39. The van der Waals surface area contributed by atoms with Gasteiger partial charge in [-0.1, -0.05) is 19.9 Å². The lowest BCUT2D eigenvalue weighted by molar-refractivity contribution is 0.0221. The number of hydrogen-bond acceptors (Lipinski definition) is 2. The molecular formula is C13H20FNO. The Morgan fingerprint density at radius 3 is 2.56 bits per heavy atom. The molecule has 2 nitrogen and oxygen atoms in total. The quantitative estimate of drug-likeness (QED) is 0.836. The summed E-state index contributed by atoms with van der Waals surface area (Å²) in [5, 5.41) is 0. The first-order valence-corrected chi connectivity index (χ1v) is 5.63. The molecule has 0 amide bonds. The fourth-order valence-electron chi connectivity index (χ4n) is 1.28. The lowest BCUT2D eigenvalue weighted by Gasteiger charge is -2.17. The van der Waals surface area contributed by atoms with Gasteiger partial charge in [0.15, 0.2) is 0 Å². The highest BCUT2D eigenvalue weighted by atomic mass is 19.1. The van der Waals surface area contributed by atoms with E-state index in [9.17, 15) is 4.39 Å². The molecular weight excluding hydrogens is 205 g/mol. The number of ether oxygens (including phenoxy) is 1. The minimum Gasteiger partial charge on any atom is -0.373 e. The molecule has 0 aliphatic heterocycles. The number of rotatable bonds is 5. The van der Waals surface area contributed by atoms with Crippen molar-refractivity contribution >= 4 is 0 Å². The molecule has 0 spiro atoms. The first-order valence-electron chi connectivity index (χ1n) is 5.63. The molecule has 0 saturated heterocycles. The van der Waals surface area contributed by atoms with Crippen LogP contribution in [0.5, 0.6) is 0 Å². The van der Waals surface area contributed by atoms with E-state index in [0.29, 0.717) is 24.6 Å². The molecule has 0 radical (unpaired) electrons. The van der Waals surface area contributed by atoms with Crippen LogP contribution in [0.1, 0.15) is 31.9 Å². The number of benzene rings is 1. The molecule has 90 valence electrons. The van der Waals surface area contributed by atoms with E-state index in [4.69, 9.17) is 10.5 Å². The Kier molecular flexibility index (Phi) is 4.90. The summed E-state index contributed by atoms with van der Waals surface area (Å²) in [4.78, 5) is 0. The lowest BCUT2D eigenvalue weighted by atomic mass is 10.1. The van der Waals surface area contributed by atoms with Crippen LogP contribution >= 0.6 is 0 Å². The topological polar surface area (TPSA) is 35.2 Å².